The summed E-state index contributed by atoms with van der Waals surface area (Å²) in [5.74, 6) is -4.50. The molecule has 22 heavy (non-hydrogen) atoms. The average Bonchev–Trinajstić information content (AvgIpc) is 2.39. The van der Waals surface area contributed by atoms with Crippen molar-refractivity contribution in [3.05, 3.63) is 35.4 Å². The number of rotatable bonds is 5. The second-order valence-electron chi connectivity index (χ2n) is 5.99. The largest absolute Gasteiger partial charge is 0.598 e. The second-order valence-corrected chi connectivity index (χ2v) is 7.95. The summed E-state index contributed by atoms with van der Waals surface area (Å²) in [6.45, 7) is 5.76. The van der Waals surface area contributed by atoms with Gasteiger partial charge in [0, 0.05) is 16.9 Å². The van der Waals surface area contributed by atoms with Crippen molar-refractivity contribution in [2.45, 2.75) is 44.2 Å². The van der Waals surface area contributed by atoms with Crippen LogP contribution in [-0.4, -0.2) is 26.5 Å². The van der Waals surface area contributed by atoms with E-state index in [1.807, 2.05) is 0 Å². The number of carbonyl (C=O) groups is 1. The number of hydrogen-bond donors (Lipinski definition) is 2. The predicted molar refractivity (Wildman–Crippen MR) is 77.3 cm³/mol. The highest BCUT2D eigenvalue weighted by Crippen LogP contribution is 2.33. The van der Waals surface area contributed by atoms with Crippen molar-refractivity contribution in [2.75, 3.05) is 0 Å². The molecular weight excluding hydrogens is 319 g/mol. The van der Waals surface area contributed by atoms with E-state index >= 15 is 0 Å². The Morgan fingerprint density at radius 2 is 1.86 bits per heavy atom. The van der Waals surface area contributed by atoms with Crippen LogP contribution in [0.5, 0.6) is 0 Å². The third-order valence-corrected chi connectivity index (χ3v) is 4.82. The average molecular weight is 337 g/mol. The third kappa shape index (κ3) is 3.74. The Morgan fingerprint density at radius 1 is 1.32 bits per heavy atom. The fourth-order valence-electron chi connectivity index (χ4n) is 1.74. The molecule has 0 spiro atoms. The zero-order chi connectivity index (χ0) is 17.3. The van der Waals surface area contributed by atoms with Crippen LogP contribution in [-0.2, 0) is 21.7 Å². The molecule has 1 aromatic carbocycles. The van der Waals surface area contributed by atoms with Gasteiger partial charge in [-0.25, -0.2) is 18.0 Å². The fourth-order valence-corrected chi connectivity index (χ4v) is 2.65. The molecule has 1 aromatic rings. The van der Waals surface area contributed by atoms with Crippen molar-refractivity contribution in [1.29, 1.82) is 0 Å². The summed E-state index contributed by atoms with van der Waals surface area (Å²) in [5, 5.41) is 8.92. The van der Waals surface area contributed by atoms with Gasteiger partial charge >= 0.3 is 5.97 Å². The summed E-state index contributed by atoms with van der Waals surface area (Å²) in [4.78, 5) is 11.0. The molecule has 0 bridgehead atoms. The fraction of sp³-hybridized carbons (Fsp3) is 0.500. The van der Waals surface area contributed by atoms with E-state index in [-0.39, 0.29) is 0 Å². The van der Waals surface area contributed by atoms with Gasteiger partial charge in [0.05, 0.1) is 0 Å². The van der Waals surface area contributed by atoms with Crippen LogP contribution < -0.4 is 4.72 Å². The maximum atomic E-state index is 14.2. The first kappa shape index (κ1) is 18.8. The number of aliphatic carboxylic acids is 1. The van der Waals surface area contributed by atoms with Crippen molar-refractivity contribution in [1.82, 2.24) is 4.72 Å². The van der Waals surface area contributed by atoms with Crippen LogP contribution >= 0.6 is 0 Å². The molecule has 0 saturated carbocycles. The van der Waals surface area contributed by atoms with E-state index < -0.39 is 51.0 Å². The van der Waals surface area contributed by atoms with Gasteiger partial charge in [-0.2, -0.15) is 0 Å². The number of hydrogen-bond acceptors (Lipinski definition) is 3. The molecule has 0 saturated heterocycles. The minimum absolute atomic E-state index is 0.542. The van der Waals surface area contributed by atoms with E-state index in [0.29, 0.717) is 0 Å². The molecule has 2 N–H and O–H groups in total. The molecule has 1 rings (SSSR count). The smallest absolute Gasteiger partial charge is 0.340 e. The molecule has 8 heteroatoms. The number of benzene rings is 1. The van der Waals surface area contributed by atoms with Crippen molar-refractivity contribution in [3.63, 3.8) is 0 Å². The van der Waals surface area contributed by atoms with Gasteiger partial charge in [0.1, 0.15) is 10.3 Å². The lowest BCUT2D eigenvalue weighted by atomic mass is 9.87. The predicted octanol–water partition coefficient (Wildman–Crippen LogP) is 2.65. The molecule has 0 aliphatic carbocycles. The van der Waals surface area contributed by atoms with Gasteiger partial charge in [0.2, 0.25) is 6.17 Å². The van der Waals surface area contributed by atoms with E-state index in [4.69, 9.17) is 5.11 Å². The van der Waals surface area contributed by atoms with E-state index in [2.05, 4.69) is 4.72 Å². The van der Waals surface area contributed by atoms with Gasteiger partial charge in [-0.3, -0.25) is 0 Å². The lowest BCUT2D eigenvalue weighted by Gasteiger charge is -2.36. The maximum Gasteiger partial charge on any atom is 0.340 e. The lowest BCUT2D eigenvalue weighted by Crippen LogP contribution is -2.56. The Labute approximate surface area is 130 Å². The summed E-state index contributed by atoms with van der Waals surface area (Å²) in [5.41, 5.74) is -2.74. The Bertz CT molecular complexity index is 565. The molecule has 124 valence electrons. The molecule has 0 aliphatic rings. The first-order valence-electron chi connectivity index (χ1n) is 6.42. The summed E-state index contributed by atoms with van der Waals surface area (Å²) >= 11 is -1.90. The molecule has 3 atom stereocenters. The van der Waals surface area contributed by atoms with Gasteiger partial charge in [0.25, 0.3) is 0 Å². The molecule has 0 amide bonds. The van der Waals surface area contributed by atoms with Gasteiger partial charge < -0.3 is 9.66 Å². The first-order chi connectivity index (χ1) is 9.91. The summed E-state index contributed by atoms with van der Waals surface area (Å²) in [6, 6.07) is 3.01. The molecule has 4 nitrogen and oxygen atoms in total. The normalized spacial score (nSPS) is 17.6. The Balaban J connectivity index is 3.41. The van der Waals surface area contributed by atoms with Crippen molar-refractivity contribution in [2.24, 2.45) is 0 Å². The van der Waals surface area contributed by atoms with Crippen molar-refractivity contribution >= 4 is 17.3 Å². The zero-order valence-electron chi connectivity index (χ0n) is 12.6. The monoisotopic (exact) mass is 337 g/mol. The highest BCUT2D eigenvalue weighted by molar-refractivity contribution is 7.90. The quantitative estimate of drug-likeness (QED) is 0.810. The molecule has 0 fully saturated rings. The van der Waals surface area contributed by atoms with Crippen molar-refractivity contribution in [3.8, 4) is 0 Å². The number of carboxylic acid groups (broad SMARTS) is 1. The van der Waals surface area contributed by atoms with Crippen LogP contribution in [0.25, 0.3) is 0 Å². The SMILES string of the molecule is CC(C)(C)[S+]([O-])N[C@](C)(c1cccc(F)c1F)[C@@H](F)C(=O)O. The highest BCUT2D eigenvalue weighted by Gasteiger charge is 2.48. The molecule has 0 aromatic heterocycles. The molecule has 0 radical (unpaired) electrons. The Morgan fingerprint density at radius 3 is 2.32 bits per heavy atom. The number of alkyl halides is 1. The summed E-state index contributed by atoms with van der Waals surface area (Å²) in [6.07, 6.45) is -2.63. The zero-order valence-corrected chi connectivity index (χ0v) is 13.4. The van der Waals surface area contributed by atoms with Crippen LogP contribution in [0.1, 0.15) is 33.3 Å². The minimum Gasteiger partial charge on any atom is -0.598 e. The third-order valence-electron chi connectivity index (χ3n) is 3.10. The Hall–Kier alpha value is -1.25. The second kappa shape index (κ2) is 6.47. The topological polar surface area (TPSA) is 72.4 Å². The van der Waals surface area contributed by atoms with Crippen LogP contribution in [0.3, 0.4) is 0 Å². The van der Waals surface area contributed by atoms with Crippen LogP contribution in [0.15, 0.2) is 18.2 Å². The molecule has 0 aliphatic heterocycles. The molecular formula is C14H18F3NO3S. The van der Waals surface area contributed by atoms with Crippen molar-refractivity contribution < 1.29 is 27.6 Å². The maximum absolute atomic E-state index is 14.2. The lowest BCUT2D eigenvalue weighted by molar-refractivity contribution is -0.145. The number of halogens is 3. The van der Waals surface area contributed by atoms with Gasteiger partial charge in [-0.15, -0.1) is 4.72 Å². The summed E-state index contributed by atoms with van der Waals surface area (Å²) in [7, 11) is 0. The number of nitrogens with one attached hydrogen (secondary N) is 1. The van der Waals surface area contributed by atoms with Gasteiger partial charge in [0.15, 0.2) is 11.6 Å². The van der Waals surface area contributed by atoms with Crippen LogP contribution in [0.2, 0.25) is 0 Å². The van der Waals surface area contributed by atoms with E-state index in [9.17, 15) is 22.5 Å². The first-order valence-corrected chi connectivity index (χ1v) is 7.57. The van der Waals surface area contributed by atoms with E-state index in [1.165, 1.54) is 0 Å². The van der Waals surface area contributed by atoms with Crippen LogP contribution in [0, 0.1) is 11.6 Å². The van der Waals surface area contributed by atoms with Crippen LogP contribution in [0.4, 0.5) is 13.2 Å². The van der Waals surface area contributed by atoms with E-state index in [0.717, 1.165) is 25.1 Å². The molecule has 0 heterocycles. The minimum atomic E-state index is -2.63. The summed E-state index contributed by atoms with van der Waals surface area (Å²) < 4.78 is 55.3. The van der Waals surface area contributed by atoms with Gasteiger partial charge in [-0.05, 0) is 33.8 Å². The van der Waals surface area contributed by atoms with E-state index in [1.54, 1.807) is 20.8 Å². The van der Waals surface area contributed by atoms with Gasteiger partial charge in [-0.1, -0.05) is 12.1 Å². The highest BCUT2D eigenvalue weighted by atomic mass is 32.2. The molecule has 1 unspecified atom stereocenters. The standard InChI is InChI=1S/C14H18F3NO3S/c1-13(2,3)22(21)18-14(4,11(17)12(19)20)8-6-5-7-9(15)10(8)16/h5-7,11,18H,1-4H3,(H,19,20)/t11-,14+,22?/m0/s1. The Kier molecular flexibility index (Phi) is 5.53. The number of carboxylic acids is 1.